The van der Waals surface area contributed by atoms with E-state index in [0.29, 0.717) is 0 Å². The Morgan fingerprint density at radius 3 is 1.46 bits per heavy atom. The molecule has 0 saturated carbocycles. The summed E-state index contributed by atoms with van der Waals surface area (Å²) in [6, 6.07) is 16.2. The summed E-state index contributed by atoms with van der Waals surface area (Å²) >= 11 is 0. The van der Waals surface area contributed by atoms with Crippen molar-refractivity contribution in [2.45, 2.75) is 148 Å². The van der Waals surface area contributed by atoms with Gasteiger partial charge in [-0.1, -0.05) is 171 Å². The third kappa shape index (κ3) is 10.9. The summed E-state index contributed by atoms with van der Waals surface area (Å²) in [7, 11) is 0. The van der Waals surface area contributed by atoms with E-state index in [2.05, 4.69) is 49.4 Å². The zero-order valence-corrected chi connectivity index (χ0v) is 23.1. The molecule has 0 saturated heterocycles. The van der Waals surface area contributed by atoms with Gasteiger partial charge in [-0.25, -0.2) is 0 Å². The highest BCUT2D eigenvalue weighted by Gasteiger charge is 2.17. The first-order valence-electron chi connectivity index (χ1n) is 15.6. The second kappa shape index (κ2) is 17.8. The van der Waals surface area contributed by atoms with Crippen molar-refractivity contribution in [2.75, 3.05) is 0 Å². The molecule has 0 unspecified atom stereocenters. The Hall–Kier alpha value is -1.56. The lowest BCUT2D eigenvalue weighted by Crippen LogP contribution is -1.89. The first-order chi connectivity index (χ1) is 17.4. The van der Waals surface area contributed by atoms with Crippen molar-refractivity contribution in [1.82, 2.24) is 0 Å². The average Bonchev–Trinajstić information content (AvgIpc) is 3.25. The summed E-state index contributed by atoms with van der Waals surface area (Å²) in [5, 5.41) is 0. The Labute approximate surface area is 218 Å². The first kappa shape index (κ1) is 28.0. The summed E-state index contributed by atoms with van der Waals surface area (Å²) in [5.41, 5.74) is 7.50. The van der Waals surface area contributed by atoms with E-state index < -0.39 is 0 Å². The molecule has 0 nitrogen and oxygen atoms in total. The van der Waals surface area contributed by atoms with Crippen LogP contribution in [0.1, 0.15) is 152 Å². The normalized spacial score (nSPS) is 12.1. The Bertz CT molecular complexity index is 801. The van der Waals surface area contributed by atoms with Crippen LogP contribution in [0.5, 0.6) is 0 Å². The highest BCUT2D eigenvalue weighted by molar-refractivity contribution is 5.77. The van der Waals surface area contributed by atoms with Crippen LogP contribution in [0.15, 0.2) is 42.5 Å². The zero-order chi connectivity index (χ0) is 24.4. The maximum absolute atomic E-state index is 2.47. The molecule has 194 valence electrons. The molecular weight excluding hydrogens is 420 g/mol. The van der Waals surface area contributed by atoms with Crippen LogP contribution in [0, 0.1) is 0 Å². The van der Waals surface area contributed by atoms with Crippen LogP contribution >= 0.6 is 0 Å². The van der Waals surface area contributed by atoms with Gasteiger partial charge in [-0.15, -0.1) is 0 Å². The van der Waals surface area contributed by atoms with Crippen molar-refractivity contribution in [3.63, 3.8) is 0 Å². The van der Waals surface area contributed by atoms with Gasteiger partial charge in [-0.2, -0.15) is 0 Å². The third-order valence-corrected chi connectivity index (χ3v) is 8.18. The number of fused-ring (bicyclic) bond motifs is 3. The molecule has 3 rings (SSSR count). The number of benzene rings is 2. The number of hydrogen-bond acceptors (Lipinski definition) is 0. The number of aryl methyl sites for hydroxylation is 1. The average molecular weight is 475 g/mol. The minimum Gasteiger partial charge on any atom is -0.0654 e. The Kier molecular flexibility index (Phi) is 14.3. The quantitative estimate of drug-likeness (QED) is 0.135. The molecule has 0 atom stereocenters. The number of unbranched alkanes of at least 4 members (excludes halogenated alkanes) is 19. The zero-order valence-electron chi connectivity index (χ0n) is 23.1. The molecule has 0 aliphatic heterocycles. The molecular formula is C35H54. The van der Waals surface area contributed by atoms with Crippen LogP contribution in [0.25, 0.3) is 11.1 Å². The smallest absolute Gasteiger partial charge is 0.00135 e. The van der Waals surface area contributed by atoms with Crippen LogP contribution in [0.4, 0.5) is 0 Å². The fraction of sp³-hybridized carbons (Fsp3) is 0.657. The van der Waals surface area contributed by atoms with Crippen molar-refractivity contribution in [1.29, 1.82) is 0 Å². The minimum absolute atomic E-state index is 1.12. The molecule has 35 heavy (non-hydrogen) atoms. The van der Waals surface area contributed by atoms with Crippen LogP contribution in [-0.4, -0.2) is 0 Å². The Morgan fingerprint density at radius 2 is 0.914 bits per heavy atom. The van der Waals surface area contributed by atoms with Gasteiger partial charge in [0.1, 0.15) is 0 Å². The molecule has 0 amide bonds. The molecule has 0 radical (unpaired) electrons. The number of rotatable bonds is 21. The van der Waals surface area contributed by atoms with Gasteiger partial charge in [-0.05, 0) is 47.1 Å². The summed E-state index contributed by atoms with van der Waals surface area (Å²) in [4.78, 5) is 0. The second-order valence-corrected chi connectivity index (χ2v) is 11.3. The van der Waals surface area contributed by atoms with E-state index in [0.717, 1.165) is 6.42 Å². The second-order valence-electron chi connectivity index (χ2n) is 11.3. The lowest BCUT2D eigenvalue weighted by atomic mass is 9.99. The molecule has 1 aliphatic carbocycles. The van der Waals surface area contributed by atoms with E-state index in [-0.39, 0.29) is 0 Å². The van der Waals surface area contributed by atoms with Gasteiger partial charge in [0.2, 0.25) is 0 Å². The van der Waals surface area contributed by atoms with Gasteiger partial charge in [0.05, 0.1) is 0 Å². The molecule has 0 N–H and O–H groups in total. The molecule has 0 fully saturated rings. The van der Waals surface area contributed by atoms with Gasteiger partial charge in [0.15, 0.2) is 0 Å². The summed E-state index contributed by atoms with van der Waals surface area (Å²) in [5.74, 6) is 0. The SMILES string of the molecule is CCCCCCCCCCCCCCCCCCCCCCc1ccc2c(c1)-c1ccccc1C2. The monoisotopic (exact) mass is 474 g/mol. The van der Waals surface area contributed by atoms with Crippen molar-refractivity contribution >= 4 is 0 Å². The molecule has 2 aromatic rings. The van der Waals surface area contributed by atoms with E-state index >= 15 is 0 Å². The minimum atomic E-state index is 1.12. The molecule has 0 heteroatoms. The Balaban J connectivity index is 1.07. The third-order valence-electron chi connectivity index (χ3n) is 8.18. The number of hydrogen-bond donors (Lipinski definition) is 0. The van der Waals surface area contributed by atoms with Gasteiger partial charge in [-0.3, -0.25) is 0 Å². The van der Waals surface area contributed by atoms with Gasteiger partial charge < -0.3 is 0 Å². The molecule has 0 bridgehead atoms. The van der Waals surface area contributed by atoms with Crippen LogP contribution < -0.4 is 0 Å². The van der Waals surface area contributed by atoms with Crippen LogP contribution in [-0.2, 0) is 12.8 Å². The van der Waals surface area contributed by atoms with E-state index in [1.54, 1.807) is 0 Å². The highest BCUT2D eigenvalue weighted by Crippen LogP contribution is 2.37. The van der Waals surface area contributed by atoms with E-state index in [4.69, 9.17) is 0 Å². The molecule has 2 aromatic carbocycles. The fourth-order valence-corrected chi connectivity index (χ4v) is 5.91. The van der Waals surface area contributed by atoms with E-state index in [1.807, 2.05) is 0 Å². The van der Waals surface area contributed by atoms with Crippen molar-refractivity contribution in [3.8, 4) is 11.1 Å². The van der Waals surface area contributed by atoms with Crippen LogP contribution in [0.3, 0.4) is 0 Å². The maximum Gasteiger partial charge on any atom is -0.00135 e. The fourth-order valence-electron chi connectivity index (χ4n) is 5.91. The molecule has 0 heterocycles. The lowest BCUT2D eigenvalue weighted by Gasteiger charge is -2.06. The summed E-state index contributed by atoms with van der Waals surface area (Å²) in [6.45, 7) is 2.30. The van der Waals surface area contributed by atoms with Crippen molar-refractivity contribution < 1.29 is 0 Å². The standard InChI is InChI=1S/C35H54/c1-2-3-4-5-6-7-8-9-10-11-12-13-14-15-16-17-18-19-20-21-24-31-27-28-33-30-32-25-22-23-26-34(32)35(33)29-31/h22-23,25-29H,2-21,24,30H2,1H3. The van der Waals surface area contributed by atoms with Gasteiger partial charge in [0, 0.05) is 0 Å². The lowest BCUT2D eigenvalue weighted by molar-refractivity contribution is 0.522. The predicted octanol–water partition coefficient (Wildman–Crippen LogP) is 11.6. The summed E-state index contributed by atoms with van der Waals surface area (Å²) < 4.78 is 0. The van der Waals surface area contributed by atoms with Crippen molar-refractivity contribution in [3.05, 3.63) is 59.2 Å². The van der Waals surface area contributed by atoms with Crippen LogP contribution in [0.2, 0.25) is 0 Å². The first-order valence-corrected chi connectivity index (χ1v) is 15.6. The molecule has 0 aromatic heterocycles. The van der Waals surface area contributed by atoms with Gasteiger partial charge >= 0.3 is 0 Å². The predicted molar refractivity (Wildman–Crippen MR) is 156 cm³/mol. The summed E-state index contributed by atoms with van der Waals surface area (Å²) in [6.07, 6.45) is 31.4. The Morgan fingerprint density at radius 1 is 0.457 bits per heavy atom. The molecule has 0 spiro atoms. The topological polar surface area (TPSA) is 0 Å². The van der Waals surface area contributed by atoms with E-state index in [9.17, 15) is 0 Å². The largest absolute Gasteiger partial charge is 0.0654 e. The van der Waals surface area contributed by atoms with E-state index in [1.165, 1.54) is 163 Å². The molecule has 1 aliphatic rings. The van der Waals surface area contributed by atoms with Gasteiger partial charge in [0.25, 0.3) is 0 Å². The highest BCUT2D eigenvalue weighted by atomic mass is 14.2. The van der Waals surface area contributed by atoms with Crippen molar-refractivity contribution in [2.24, 2.45) is 0 Å². The maximum atomic E-state index is 2.47.